The third kappa shape index (κ3) is 1.62. The average Bonchev–Trinajstić information content (AvgIpc) is 2.76. The maximum Gasteiger partial charge on any atom is 0.123 e. The Labute approximate surface area is 112 Å². The minimum Gasteiger partial charge on any atom is -0.309 e. The Morgan fingerprint density at radius 1 is 1.22 bits per heavy atom. The van der Waals surface area contributed by atoms with Crippen molar-refractivity contribution in [2.24, 2.45) is 23.7 Å². The highest BCUT2D eigenvalue weighted by Crippen LogP contribution is 2.65. The van der Waals surface area contributed by atoms with Crippen molar-refractivity contribution >= 4 is 11.6 Å². The first-order valence-electron chi connectivity index (χ1n) is 6.91. The summed E-state index contributed by atoms with van der Waals surface area (Å²) in [5.41, 5.74) is 0.883. The molecule has 1 aromatic carbocycles. The Kier molecular flexibility index (Phi) is 2.46. The lowest BCUT2D eigenvalue weighted by atomic mass is 10.0. The van der Waals surface area contributed by atoms with Crippen LogP contribution in [0.1, 0.15) is 24.8 Å². The lowest BCUT2D eigenvalue weighted by molar-refractivity contribution is 0.456. The Hall–Kier alpha value is -0.600. The second-order valence-corrected chi connectivity index (χ2v) is 6.54. The maximum absolute atomic E-state index is 13.2. The summed E-state index contributed by atoms with van der Waals surface area (Å²) in [5.74, 6) is 3.57. The van der Waals surface area contributed by atoms with Gasteiger partial charge >= 0.3 is 0 Å². The zero-order chi connectivity index (χ0) is 12.3. The number of fused-ring (bicyclic) bond motifs is 5. The number of halogens is 2. The highest BCUT2D eigenvalue weighted by molar-refractivity contribution is 6.31. The molecule has 4 atom stereocenters. The molecular formula is C15H17ClFN. The summed E-state index contributed by atoms with van der Waals surface area (Å²) in [6, 6.07) is 5.28. The van der Waals surface area contributed by atoms with Crippen LogP contribution in [0.2, 0.25) is 5.02 Å². The summed E-state index contributed by atoms with van der Waals surface area (Å²) in [6.45, 7) is 0.702. The molecule has 18 heavy (non-hydrogen) atoms. The van der Waals surface area contributed by atoms with Crippen molar-refractivity contribution < 1.29 is 4.39 Å². The van der Waals surface area contributed by atoms with Crippen molar-refractivity contribution in [1.29, 1.82) is 0 Å². The van der Waals surface area contributed by atoms with Gasteiger partial charge in [-0.15, -0.1) is 0 Å². The lowest BCUT2D eigenvalue weighted by Gasteiger charge is -2.11. The van der Waals surface area contributed by atoms with E-state index in [1.54, 1.807) is 12.1 Å². The fourth-order valence-electron chi connectivity index (χ4n) is 4.50. The number of benzene rings is 1. The van der Waals surface area contributed by atoms with Crippen LogP contribution in [0.15, 0.2) is 18.2 Å². The summed E-state index contributed by atoms with van der Waals surface area (Å²) in [5, 5.41) is 4.26. The highest BCUT2D eigenvalue weighted by atomic mass is 35.5. The second-order valence-electron chi connectivity index (χ2n) is 6.13. The van der Waals surface area contributed by atoms with E-state index in [1.165, 1.54) is 25.3 Å². The molecule has 3 fully saturated rings. The molecule has 1 N–H and O–H groups in total. The smallest absolute Gasteiger partial charge is 0.123 e. The minimum absolute atomic E-state index is 0.202. The molecule has 0 saturated heterocycles. The predicted molar refractivity (Wildman–Crippen MR) is 69.8 cm³/mol. The lowest BCUT2D eigenvalue weighted by Crippen LogP contribution is -2.22. The molecule has 0 amide bonds. The van der Waals surface area contributed by atoms with E-state index in [0.717, 1.165) is 29.2 Å². The van der Waals surface area contributed by atoms with E-state index >= 15 is 0 Å². The zero-order valence-electron chi connectivity index (χ0n) is 10.2. The Bertz CT molecular complexity index is 473. The van der Waals surface area contributed by atoms with Crippen molar-refractivity contribution in [2.75, 3.05) is 0 Å². The van der Waals surface area contributed by atoms with Gasteiger partial charge in [0.05, 0.1) is 0 Å². The summed E-state index contributed by atoms with van der Waals surface area (Å²) in [7, 11) is 0. The first-order valence-corrected chi connectivity index (χ1v) is 7.29. The van der Waals surface area contributed by atoms with Crippen LogP contribution >= 0.6 is 11.6 Å². The maximum atomic E-state index is 13.2. The molecule has 0 aliphatic heterocycles. The molecule has 0 aromatic heterocycles. The molecule has 3 saturated carbocycles. The molecule has 3 aliphatic rings. The minimum atomic E-state index is -0.202. The van der Waals surface area contributed by atoms with Gasteiger partial charge in [-0.1, -0.05) is 11.6 Å². The molecule has 0 radical (unpaired) electrons. The van der Waals surface area contributed by atoms with Gasteiger partial charge in [-0.2, -0.15) is 0 Å². The van der Waals surface area contributed by atoms with E-state index in [0.29, 0.717) is 17.6 Å². The van der Waals surface area contributed by atoms with Crippen LogP contribution in [0.3, 0.4) is 0 Å². The molecular weight excluding hydrogens is 249 g/mol. The van der Waals surface area contributed by atoms with Crippen LogP contribution in [0.4, 0.5) is 4.39 Å². The Balaban J connectivity index is 1.41. The van der Waals surface area contributed by atoms with Crippen LogP contribution < -0.4 is 5.32 Å². The SMILES string of the molecule is Fc1ccc(Cl)c(CNC2C3C4CCC(C4)C23)c1. The molecule has 4 unspecified atom stereocenters. The van der Waals surface area contributed by atoms with Gasteiger partial charge in [0, 0.05) is 17.6 Å². The van der Waals surface area contributed by atoms with Crippen LogP contribution in [-0.4, -0.2) is 6.04 Å². The molecule has 0 heterocycles. The Morgan fingerprint density at radius 3 is 2.67 bits per heavy atom. The monoisotopic (exact) mass is 265 g/mol. The summed E-state index contributed by atoms with van der Waals surface area (Å²) in [4.78, 5) is 0. The molecule has 0 spiro atoms. The number of nitrogens with one attached hydrogen (secondary N) is 1. The third-order valence-electron chi connectivity index (χ3n) is 5.27. The van der Waals surface area contributed by atoms with Crippen molar-refractivity contribution in [1.82, 2.24) is 5.32 Å². The molecule has 96 valence electrons. The Morgan fingerprint density at radius 2 is 1.94 bits per heavy atom. The van der Waals surface area contributed by atoms with Crippen LogP contribution in [-0.2, 0) is 6.54 Å². The fraction of sp³-hybridized carbons (Fsp3) is 0.600. The first-order chi connectivity index (χ1) is 8.74. The molecule has 3 aliphatic carbocycles. The van der Waals surface area contributed by atoms with Gasteiger partial charge < -0.3 is 5.32 Å². The first kappa shape index (κ1) is 11.2. The van der Waals surface area contributed by atoms with Gasteiger partial charge in [0.25, 0.3) is 0 Å². The van der Waals surface area contributed by atoms with Gasteiger partial charge in [-0.25, -0.2) is 4.39 Å². The van der Waals surface area contributed by atoms with Gasteiger partial charge in [-0.05, 0) is 66.7 Å². The molecule has 4 rings (SSSR count). The molecule has 1 aromatic rings. The van der Waals surface area contributed by atoms with E-state index < -0.39 is 0 Å². The summed E-state index contributed by atoms with van der Waals surface area (Å²) >= 11 is 6.08. The summed E-state index contributed by atoms with van der Waals surface area (Å²) < 4.78 is 13.2. The van der Waals surface area contributed by atoms with E-state index in [1.807, 2.05) is 0 Å². The van der Waals surface area contributed by atoms with Crippen LogP contribution in [0.5, 0.6) is 0 Å². The van der Waals surface area contributed by atoms with Gasteiger partial charge in [0.1, 0.15) is 5.82 Å². The number of hydrogen-bond acceptors (Lipinski definition) is 1. The third-order valence-corrected chi connectivity index (χ3v) is 5.64. The molecule has 2 bridgehead atoms. The van der Waals surface area contributed by atoms with E-state index in [2.05, 4.69) is 5.32 Å². The average molecular weight is 266 g/mol. The quantitative estimate of drug-likeness (QED) is 0.880. The zero-order valence-corrected chi connectivity index (χ0v) is 11.0. The predicted octanol–water partition coefficient (Wildman–Crippen LogP) is 3.61. The van der Waals surface area contributed by atoms with E-state index in [9.17, 15) is 4.39 Å². The van der Waals surface area contributed by atoms with Crippen LogP contribution in [0.25, 0.3) is 0 Å². The van der Waals surface area contributed by atoms with Gasteiger partial charge in [-0.3, -0.25) is 0 Å². The highest BCUT2D eigenvalue weighted by Gasteiger charge is 2.64. The standard InChI is InChI=1S/C15H17ClFN/c16-12-4-3-11(17)6-10(12)7-18-15-13-8-1-2-9(5-8)14(13)15/h3-4,6,8-9,13-15,18H,1-2,5,7H2. The second kappa shape index (κ2) is 3.94. The van der Waals surface area contributed by atoms with Crippen molar-refractivity contribution in [3.63, 3.8) is 0 Å². The van der Waals surface area contributed by atoms with E-state index in [4.69, 9.17) is 11.6 Å². The normalized spacial score (nSPS) is 40.0. The fourth-order valence-corrected chi connectivity index (χ4v) is 4.69. The van der Waals surface area contributed by atoms with Crippen molar-refractivity contribution in [2.45, 2.75) is 31.8 Å². The largest absolute Gasteiger partial charge is 0.309 e. The number of hydrogen-bond donors (Lipinski definition) is 1. The topological polar surface area (TPSA) is 12.0 Å². The molecule has 3 heteroatoms. The van der Waals surface area contributed by atoms with Crippen molar-refractivity contribution in [3.05, 3.63) is 34.6 Å². The summed E-state index contributed by atoms with van der Waals surface area (Å²) in [6.07, 6.45) is 4.34. The number of rotatable bonds is 3. The van der Waals surface area contributed by atoms with Gasteiger partial charge in [0.15, 0.2) is 0 Å². The van der Waals surface area contributed by atoms with Crippen LogP contribution in [0, 0.1) is 29.5 Å². The van der Waals surface area contributed by atoms with Crippen molar-refractivity contribution in [3.8, 4) is 0 Å². The molecule has 1 nitrogen and oxygen atoms in total. The van der Waals surface area contributed by atoms with E-state index in [-0.39, 0.29) is 5.82 Å². The van der Waals surface area contributed by atoms with Gasteiger partial charge in [0.2, 0.25) is 0 Å².